The van der Waals surface area contributed by atoms with Crippen LogP contribution in [0.2, 0.25) is 5.02 Å². The van der Waals surface area contributed by atoms with E-state index in [1.165, 1.54) is 30.1 Å². The molecule has 39 heavy (non-hydrogen) atoms. The first kappa shape index (κ1) is 30.5. The molecule has 2 amide bonds. The highest BCUT2D eigenvalue weighted by Gasteiger charge is 2.61. The smallest absolute Gasteiger partial charge is 0.371 e. The minimum Gasteiger partial charge on any atom is -0.371 e. The molecule has 10 heteroatoms. The normalized spacial score (nSPS) is 16.8. The molecule has 0 aliphatic carbocycles. The van der Waals surface area contributed by atoms with Crippen LogP contribution in [-0.2, 0) is 10.4 Å². The summed E-state index contributed by atoms with van der Waals surface area (Å²) < 4.78 is 41.7. The van der Waals surface area contributed by atoms with Crippen molar-refractivity contribution in [2.45, 2.75) is 37.5 Å². The molecule has 1 N–H and O–H groups in total. The van der Waals surface area contributed by atoms with Gasteiger partial charge >= 0.3 is 6.18 Å². The van der Waals surface area contributed by atoms with Crippen LogP contribution < -0.4 is 4.90 Å². The quantitative estimate of drug-likeness (QED) is 0.408. The van der Waals surface area contributed by atoms with Crippen LogP contribution in [0.3, 0.4) is 0 Å². The number of nitrogens with zero attached hydrogens (tertiary/aromatic N) is 3. The first-order valence-corrected chi connectivity index (χ1v) is 13.1. The van der Waals surface area contributed by atoms with Gasteiger partial charge in [0.2, 0.25) is 0 Å². The molecule has 0 bridgehead atoms. The molecule has 2 aromatic carbocycles. The first-order valence-electron chi connectivity index (χ1n) is 12.8. The standard InChI is InChI=1S/C29H35ClF3N3O3/c1-5-27(15-18-36(19-16-27)22-12-13-23(24(30)20-22)25(37)34(2)3)14-9-17-35(4)26(38)28(39,29(31,32)33)21-10-7-6-8-11-21/h5-8,10-13,20,39H,1,9,14-19H2,2-4H3. The molecule has 1 saturated heterocycles. The van der Waals surface area contributed by atoms with Gasteiger partial charge in [0.1, 0.15) is 0 Å². The summed E-state index contributed by atoms with van der Waals surface area (Å²) in [6.45, 7) is 5.48. The Hall–Kier alpha value is -3.04. The topological polar surface area (TPSA) is 64.1 Å². The fraction of sp³-hybridized carbons (Fsp3) is 0.448. The third-order valence-electron chi connectivity index (χ3n) is 7.57. The molecular weight excluding hydrogens is 531 g/mol. The zero-order chi connectivity index (χ0) is 29.0. The molecule has 1 aliphatic rings. The van der Waals surface area contributed by atoms with E-state index in [9.17, 15) is 27.9 Å². The van der Waals surface area contributed by atoms with Crippen LogP contribution in [0.1, 0.15) is 41.6 Å². The van der Waals surface area contributed by atoms with E-state index in [2.05, 4.69) is 11.5 Å². The fourth-order valence-corrected chi connectivity index (χ4v) is 5.27. The molecule has 3 rings (SSSR count). The fourth-order valence-electron chi connectivity index (χ4n) is 5.02. The van der Waals surface area contributed by atoms with Crippen molar-refractivity contribution in [2.24, 2.45) is 5.41 Å². The number of alkyl halides is 3. The van der Waals surface area contributed by atoms with Crippen molar-refractivity contribution in [1.29, 1.82) is 0 Å². The van der Waals surface area contributed by atoms with Crippen molar-refractivity contribution < 1.29 is 27.9 Å². The Balaban J connectivity index is 1.61. The highest BCUT2D eigenvalue weighted by molar-refractivity contribution is 6.34. The summed E-state index contributed by atoms with van der Waals surface area (Å²) in [6.07, 6.45) is -0.663. The first-order chi connectivity index (χ1) is 18.3. The Bertz CT molecular complexity index is 1180. The number of anilines is 1. The summed E-state index contributed by atoms with van der Waals surface area (Å²) in [7, 11) is 4.61. The predicted molar refractivity (Wildman–Crippen MR) is 147 cm³/mol. The number of halogens is 4. The van der Waals surface area contributed by atoms with Gasteiger partial charge in [0.25, 0.3) is 17.4 Å². The van der Waals surface area contributed by atoms with E-state index in [4.69, 9.17) is 11.6 Å². The van der Waals surface area contributed by atoms with Gasteiger partial charge in [0.15, 0.2) is 0 Å². The van der Waals surface area contributed by atoms with Crippen LogP contribution in [0.5, 0.6) is 0 Å². The number of carbonyl (C=O) groups is 2. The van der Waals surface area contributed by atoms with Crippen LogP contribution in [0.4, 0.5) is 18.9 Å². The summed E-state index contributed by atoms with van der Waals surface area (Å²) in [6, 6.07) is 11.8. The maximum atomic E-state index is 13.9. The zero-order valence-electron chi connectivity index (χ0n) is 22.5. The molecule has 1 unspecified atom stereocenters. The number of hydrogen-bond acceptors (Lipinski definition) is 4. The molecule has 0 saturated carbocycles. The van der Waals surface area contributed by atoms with Gasteiger partial charge in [-0.1, -0.05) is 48.0 Å². The third-order valence-corrected chi connectivity index (χ3v) is 7.89. The Morgan fingerprint density at radius 1 is 1.10 bits per heavy atom. The van der Waals surface area contributed by atoms with Crippen molar-refractivity contribution in [1.82, 2.24) is 9.80 Å². The Labute approximate surface area is 232 Å². The van der Waals surface area contributed by atoms with Crippen LogP contribution in [0, 0.1) is 5.41 Å². The van der Waals surface area contributed by atoms with Gasteiger partial charge in [-0.2, -0.15) is 13.2 Å². The summed E-state index contributed by atoms with van der Waals surface area (Å²) in [5.74, 6) is -1.58. The van der Waals surface area contributed by atoms with E-state index in [1.54, 1.807) is 26.2 Å². The summed E-state index contributed by atoms with van der Waals surface area (Å²) in [4.78, 5) is 29.7. The van der Waals surface area contributed by atoms with Gasteiger partial charge < -0.3 is 19.8 Å². The summed E-state index contributed by atoms with van der Waals surface area (Å²) in [5, 5.41) is 10.9. The van der Waals surface area contributed by atoms with E-state index in [0.29, 0.717) is 36.5 Å². The van der Waals surface area contributed by atoms with Crippen LogP contribution in [0.25, 0.3) is 0 Å². The van der Waals surface area contributed by atoms with Crippen LogP contribution in [-0.4, -0.2) is 73.7 Å². The molecule has 1 atom stereocenters. The van der Waals surface area contributed by atoms with Gasteiger partial charge in [0.05, 0.1) is 10.6 Å². The van der Waals surface area contributed by atoms with Crippen molar-refractivity contribution in [3.8, 4) is 0 Å². The minimum atomic E-state index is -5.17. The highest BCUT2D eigenvalue weighted by Crippen LogP contribution is 2.41. The second kappa shape index (κ2) is 12.0. The zero-order valence-corrected chi connectivity index (χ0v) is 23.2. The molecule has 0 radical (unpaired) electrons. The molecule has 1 heterocycles. The molecule has 2 aromatic rings. The Morgan fingerprint density at radius 2 is 1.72 bits per heavy atom. The van der Waals surface area contributed by atoms with Gasteiger partial charge in [-0.05, 0) is 49.3 Å². The van der Waals surface area contributed by atoms with E-state index in [0.717, 1.165) is 35.6 Å². The number of allylic oxidation sites excluding steroid dienone is 1. The Kier molecular flexibility index (Phi) is 9.39. The summed E-state index contributed by atoms with van der Waals surface area (Å²) >= 11 is 6.38. The lowest BCUT2D eigenvalue weighted by Gasteiger charge is -2.41. The van der Waals surface area contributed by atoms with E-state index < -0.39 is 23.2 Å². The highest BCUT2D eigenvalue weighted by atomic mass is 35.5. The lowest BCUT2D eigenvalue weighted by atomic mass is 9.75. The van der Waals surface area contributed by atoms with Gasteiger partial charge in [-0.3, -0.25) is 9.59 Å². The number of hydrogen-bond donors (Lipinski definition) is 1. The van der Waals surface area contributed by atoms with Gasteiger partial charge in [0, 0.05) is 52.0 Å². The average Bonchev–Trinajstić information content (AvgIpc) is 2.91. The number of benzene rings is 2. The number of likely N-dealkylation sites (N-methyl/N-ethyl adjacent to an activating group) is 1. The van der Waals surface area contributed by atoms with Crippen molar-refractivity contribution in [3.05, 3.63) is 77.3 Å². The molecule has 6 nitrogen and oxygen atoms in total. The van der Waals surface area contributed by atoms with Gasteiger partial charge in [-0.15, -0.1) is 6.58 Å². The van der Waals surface area contributed by atoms with Crippen molar-refractivity contribution in [2.75, 3.05) is 45.7 Å². The summed E-state index contributed by atoms with van der Waals surface area (Å²) in [5.41, 5.74) is -3.01. The maximum Gasteiger partial charge on any atom is 0.430 e. The van der Waals surface area contributed by atoms with Gasteiger partial charge in [-0.25, -0.2) is 0 Å². The molecule has 212 valence electrons. The maximum absolute atomic E-state index is 13.9. The Morgan fingerprint density at radius 3 is 2.23 bits per heavy atom. The SMILES string of the molecule is C=CC1(CCCN(C)C(=O)C(O)(c2ccccc2)C(F)(F)F)CCN(c2ccc(C(=O)N(C)C)c(Cl)c2)CC1. The number of rotatable bonds is 9. The molecule has 0 spiro atoms. The molecule has 1 aliphatic heterocycles. The van der Waals surface area contributed by atoms with E-state index >= 15 is 0 Å². The van der Waals surface area contributed by atoms with Crippen LogP contribution >= 0.6 is 11.6 Å². The van der Waals surface area contributed by atoms with Crippen LogP contribution in [0.15, 0.2) is 61.2 Å². The number of amides is 2. The van der Waals surface area contributed by atoms with Crippen molar-refractivity contribution >= 4 is 29.1 Å². The largest absolute Gasteiger partial charge is 0.430 e. The van der Waals surface area contributed by atoms with Crippen molar-refractivity contribution in [3.63, 3.8) is 0 Å². The predicted octanol–water partition coefficient (Wildman–Crippen LogP) is 5.50. The number of carbonyl (C=O) groups excluding carboxylic acids is 2. The lowest BCUT2D eigenvalue weighted by Crippen LogP contribution is -2.55. The van der Waals surface area contributed by atoms with E-state index in [1.807, 2.05) is 12.1 Å². The average molecular weight is 566 g/mol. The second-order valence-corrected chi connectivity index (χ2v) is 10.7. The number of piperidine rings is 1. The minimum absolute atomic E-state index is 0.0559. The molecule has 1 fully saturated rings. The third kappa shape index (κ3) is 6.41. The number of aliphatic hydroxyl groups is 1. The monoisotopic (exact) mass is 565 g/mol. The second-order valence-electron chi connectivity index (χ2n) is 10.3. The molecular formula is C29H35ClF3N3O3. The van der Waals surface area contributed by atoms with E-state index in [-0.39, 0.29) is 17.9 Å². The molecule has 0 aromatic heterocycles. The lowest BCUT2D eigenvalue weighted by molar-refractivity contribution is -0.261.